The van der Waals surface area contributed by atoms with Gasteiger partial charge in [0.25, 0.3) is 0 Å². The molecule has 4 rings (SSSR count). The molecule has 2 atom stereocenters. The third-order valence-electron chi connectivity index (χ3n) is 5.13. The fourth-order valence-corrected chi connectivity index (χ4v) is 3.79. The molecule has 26 heavy (non-hydrogen) atoms. The van der Waals surface area contributed by atoms with Crippen molar-refractivity contribution in [2.24, 2.45) is 0 Å². The van der Waals surface area contributed by atoms with Gasteiger partial charge in [0.2, 0.25) is 5.91 Å². The molecule has 1 aromatic carbocycles. The van der Waals surface area contributed by atoms with Gasteiger partial charge in [0.1, 0.15) is 6.04 Å². The molecule has 2 aromatic heterocycles. The minimum atomic E-state index is -0.356. The molecule has 0 N–H and O–H groups in total. The molecule has 0 radical (unpaired) electrons. The van der Waals surface area contributed by atoms with Crippen molar-refractivity contribution in [1.82, 2.24) is 19.7 Å². The highest BCUT2D eigenvalue weighted by Crippen LogP contribution is 2.28. The normalized spacial score (nSPS) is 18.8. The van der Waals surface area contributed by atoms with E-state index in [1.807, 2.05) is 30.2 Å². The number of fused-ring (bicyclic) bond motifs is 1. The van der Waals surface area contributed by atoms with Gasteiger partial charge in [0, 0.05) is 42.5 Å². The smallest absolute Gasteiger partial charge is 0.247 e. The van der Waals surface area contributed by atoms with Crippen molar-refractivity contribution >= 4 is 28.3 Å². The molecule has 1 aliphatic rings. The van der Waals surface area contributed by atoms with E-state index in [0.29, 0.717) is 11.6 Å². The molecule has 0 bridgehead atoms. The number of likely N-dealkylation sites (tertiary alicyclic amines) is 1. The SMILES string of the molecule is C[C@H](C(=O)N1CCC[C@@H](c2cc3ccccc3cn2)C1)n1cc(Cl)cn1. The Hall–Kier alpha value is -2.40. The van der Waals surface area contributed by atoms with Crippen LogP contribution >= 0.6 is 11.6 Å². The first kappa shape index (κ1) is 17.0. The van der Waals surface area contributed by atoms with E-state index in [0.717, 1.165) is 30.5 Å². The fourth-order valence-electron chi connectivity index (χ4n) is 3.65. The lowest BCUT2D eigenvalue weighted by Gasteiger charge is -2.34. The molecule has 0 unspecified atom stereocenters. The van der Waals surface area contributed by atoms with E-state index in [2.05, 4.69) is 28.3 Å². The molecule has 1 aliphatic heterocycles. The van der Waals surface area contributed by atoms with Gasteiger partial charge >= 0.3 is 0 Å². The second-order valence-electron chi connectivity index (χ2n) is 6.89. The summed E-state index contributed by atoms with van der Waals surface area (Å²) in [4.78, 5) is 19.5. The highest BCUT2D eigenvalue weighted by molar-refractivity contribution is 6.30. The van der Waals surface area contributed by atoms with Gasteiger partial charge in [-0.1, -0.05) is 35.9 Å². The molecule has 134 valence electrons. The van der Waals surface area contributed by atoms with Crippen molar-refractivity contribution in [3.8, 4) is 0 Å². The predicted molar refractivity (Wildman–Crippen MR) is 102 cm³/mol. The van der Waals surface area contributed by atoms with E-state index in [1.54, 1.807) is 17.1 Å². The van der Waals surface area contributed by atoms with Gasteiger partial charge in [0.05, 0.1) is 11.2 Å². The summed E-state index contributed by atoms with van der Waals surface area (Å²) in [6.45, 7) is 3.34. The second kappa shape index (κ2) is 7.08. The molecule has 0 aliphatic carbocycles. The molecule has 1 saturated heterocycles. The number of piperidine rings is 1. The lowest BCUT2D eigenvalue weighted by molar-refractivity contribution is -0.135. The van der Waals surface area contributed by atoms with E-state index in [-0.39, 0.29) is 17.9 Å². The monoisotopic (exact) mass is 368 g/mol. The molecule has 1 amide bonds. The minimum absolute atomic E-state index is 0.0789. The van der Waals surface area contributed by atoms with E-state index in [1.165, 1.54) is 5.39 Å². The zero-order chi connectivity index (χ0) is 18.1. The molecule has 1 fully saturated rings. The van der Waals surface area contributed by atoms with Crippen LogP contribution in [0.2, 0.25) is 5.02 Å². The topological polar surface area (TPSA) is 51.0 Å². The van der Waals surface area contributed by atoms with Crippen LogP contribution in [0.3, 0.4) is 0 Å². The van der Waals surface area contributed by atoms with Gasteiger partial charge in [0.15, 0.2) is 0 Å². The summed E-state index contributed by atoms with van der Waals surface area (Å²) >= 11 is 5.93. The third kappa shape index (κ3) is 3.31. The Morgan fingerprint density at radius 2 is 2.08 bits per heavy atom. The molecule has 0 saturated carbocycles. The van der Waals surface area contributed by atoms with Crippen LogP contribution in [0.25, 0.3) is 10.8 Å². The first-order chi connectivity index (χ1) is 12.6. The number of hydrogen-bond acceptors (Lipinski definition) is 3. The van der Waals surface area contributed by atoms with Crippen molar-refractivity contribution in [3.63, 3.8) is 0 Å². The van der Waals surface area contributed by atoms with Crippen LogP contribution in [0.15, 0.2) is 48.9 Å². The van der Waals surface area contributed by atoms with Crippen LogP contribution in [0.4, 0.5) is 0 Å². The summed E-state index contributed by atoms with van der Waals surface area (Å²) in [5.41, 5.74) is 1.07. The van der Waals surface area contributed by atoms with Crippen molar-refractivity contribution in [2.75, 3.05) is 13.1 Å². The van der Waals surface area contributed by atoms with Crippen LogP contribution in [0, 0.1) is 0 Å². The summed E-state index contributed by atoms with van der Waals surface area (Å²) in [7, 11) is 0. The highest BCUT2D eigenvalue weighted by Gasteiger charge is 2.29. The summed E-state index contributed by atoms with van der Waals surface area (Å²) in [6.07, 6.45) is 7.22. The molecule has 3 aromatic rings. The van der Waals surface area contributed by atoms with Gasteiger partial charge < -0.3 is 4.90 Å². The van der Waals surface area contributed by atoms with E-state index in [4.69, 9.17) is 11.6 Å². The van der Waals surface area contributed by atoms with E-state index in [9.17, 15) is 4.79 Å². The van der Waals surface area contributed by atoms with Crippen molar-refractivity contribution in [2.45, 2.75) is 31.7 Å². The largest absolute Gasteiger partial charge is 0.340 e. The number of carbonyl (C=O) groups excluding carboxylic acids is 1. The van der Waals surface area contributed by atoms with Crippen LogP contribution in [-0.2, 0) is 4.79 Å². The second-order valence-corrected chi connectivity index (χ2v) is 7.33. The van der Waals surface area contributed by atoms with Crippen LogP contribution < -0.4 is 0 Å². The average molecular weight is 369 g/mol. The fraction of sp³-hybridized carbons (Fsp3) is 0.350. The Morgan fingerprint density at radius 3 is 2.85 bits per heavy atom. The Morgan fingerprint density at radius 1 is 1.27 bits per heavy atom. The summed E-state index contributed by atoms with van der Waals surface area (Å²) in [5.74, 6) is 0.348. The van der Waals surface area contributed by atoms with Gasteiger partial charge in [-0.25, -0.2) is 0 Å². The zero-order valence-corrected chi connectivity index (χ0v) is 15.4. The molecular weight excluding hydrogens is 348 g/mol. The highest BCUT2D eigenvalue weighted by atomic mass is 35.5. The first-order valence-electron chi connectivity index (χ1n) is 8.95. The molecular formula is C20H21ClN4O. The maximum Gasteiger partial charge on any atom is 0.247 e. The van der Waals surface area contributed by atoms with Gasteiger partial charge in [-0.2, -0.15) is 5.10 Å². The van der Waals surface area contributed by atoms with Crippen molar-refractivity contribution < 1.29 is 4.79 Å². The predicted octanol–water partition coefficient (Wildman–Crippen LogP) is 4.05. The number of nitrogens with zero attached hydrogens (tertiary/aromatic N) is 4. The number of amides is 1. The molecule has 3 heterocycles. The number of benzene rings is 1. The number of halogens is 1. The Labute approximate surface area is 157 Å². The average Bonchev–Trinajstić information content (AvgIpc) is 3.13. The number of aromatic nitrogens is 3. The Kier molecular flexibility index (Phi) is 4.64. The minimum Gasteiger partial charge on any atom is -0.340 e. The first-order valence-corrected chi connectivity index (χ1v) is 9.33. The molecule has 5 nitrogen and oxygen atoms in total. The van der Waals surface area contributed by atoms with E-state index >= 15 is 0 Å². The van der Waals surface area contributed by atoms with Gasteiger partial charge in [-0.3, -0.25) is 14.5 Å². The van der Waals surface area contributed by atoms with Crippen molar-refractivity contribution in [3.05, 3.63) is 59.6 Å². The Bertz CT molecular complexity index is 938. The summed E-state index contributed by atoms with van der Waals surface area (Å²) in [6, 6.07) is 10.0. The number of pyridine rings is 1. The summed E-state index contributed by atoms with van der Waals surface area (Å²) in [5, 5.41) is 7.05. The van der Waals surface area contributed by atoms with Crippen LogP contribution in [0.5, 0.6) is 0 Å². The van der Waals surface area contributed by atoms with Gasteiger partial charge in [-0.15, -0.1) is 0 Å². The Balaban J connectivity index is 1.52. The molecule has 0 spiro atoms. The third-order valence-corrected chi connectivity index (χ3v) is 5.32. The number of hydrogen-bond donors (Lipinski definition) is 0. The zero-order valence-electron chi connectivity index (χ0n) is 14.7. The lowest BCUT2D eigenvalue weighted by atomic mass is 9.93. The maximum absolute atomic E-state index is 12.9. The van der Waals surface area contributed by atoms with Crippen LogP contribution in [-0.4, -0.2) is 38.7 Å². The lowest BCUT2D eigenvalue weighted by Crippen LogP contribution is -2.42. The van der Waals surface area contributed by atoms with Crippen LogP contribution in [0.1, 0.15) is 37.4 Å². The maximum atomic E-state index is 12.9. The summed E-state index contributed by atoms with van der Waals surface area (Å²) < 4.78 is 1.63. The number of carbonyl (C=O) groups is 1. The number of rotatable bonds is 3. The standard InChI is InChI=1S/C20H21ClN4O/c1-14(25-13-18(21)11-23-25)20(26)24-8-4-7-17(12-24)19-9-15-5-2-3-6-16(15)10-22-19/h2-3,5-6,9-11,13-14,17H,4,7-8,12H2,1H3/t14-,17-/m1/s1. The van der Waals surface area contributed by atoms with Gasteiger partial charge in [-0.05, 0) is 31.2 Å². The van der Waals surface area contributed by atoms with E-state index < -0.39 is 0 Å². The molecule has 6 heteroatoms. The quantitative estimate of drug-likeness (QED) is 0.700. The van der Waals surface area contributed by atoms with Crippen molar-refractivity contribution in [1.29, 1.82) is 0 Å².